The van der Waals surface area contributed by atoms with E-state index in [1.165, 1.54) is 13.4 Å². The van der Waals surface area contributed by atoms with Crippen LogP contribution in [0.1, 0.15) is 19.3 Å². The standard InChI is InChI=1S/C14H19NO4S2/c1-19-13(16)14(15)8-7-11(9-14)20-10-3-5-12(6-4-10)21(2,17)18/h3-6,11H,7-9,15H2,1-2H3. The molecule has 2 unspecified atom stereocenters. The number of benzene rings is 1. The number of carbonyl (C=O) groups is 1. The summed E-state index contributed by atoms with van der Waals surface area (Å²) in [6.45, 7) is 0. The molecule has 0 aliphatic heterocycles. The van der Waals surface area contributed by atoms with E-state index in [1.807, 2.05) is 0 Å². The molecule has 2 N–H and O–H groups in total. The Morgan fingerprint density at radius 3 is 2.52 bits per heavy atom. The van der Waals surface area contributed by atoms with Gasteiger partial charge in [-0.1, -0.05) is 0 Å². The molecule has 5 nitrogen and oxygen atoms in total. The molecule has 116 valence electrons. The SMILES string of the molecule is COC(=O)C1(N)CCC(Sc2ccc(S(C)(=O)=O)cc2)C1. The summed E-state index contributed by atoms with van der Waals surface area (Å²) in [6, 6.07) is 6.77. The van der Waals surface area contributed by atoms with Gasteiger partial charge in [0.15, 0.2) is 9.84 Å². The van der Waals surface area contributed by atoms with Gasteiger partial charge >= 0.3 is 5.97 Å². The van der Waals surface area contributed by atoms with E-state index in [1.54, 1.807) is 36.0 Å². The van der Waals surface area contributed by atoms with Gasteiger partial charge in [0.1, 0.15) is 5.54 Å². The van der Waals surface area contributed by atoms with Gasteiger partial charge in [-0.05, 0) is 43.5 Å². The number of nitrogens with two attached hydrogens (primary N) is 1. The third kappa shape index (κ3) is 3.78. The molecule has 0 heterocycles. The maximum Gasteiger partial charge on any atom is 0.325 e. The second-order valence-corrected chi connectivity index (χ2v) is 8.76. The molecule has 0 spiro atoms. The molecule has 0 amide bonds. The van der Waals surface area contributed by atoms with Gasteiger partial charge in [-0.25, -0.2) is 8.42 Å². The Hall–Kier alpha value is -1.05. The van der Waals surface area contributed by atoms with E-state index in [9.17, 15) is 13.2 Å². The fourth-order valence-electron chi connectivity index (χ4n) is 2.48. The van der Waals surface area contributed by atoms with Crippen LogP contribution in [0, 0.1) is 0 Å². The number of thioether (sulfide) groups is 1. The van der Waals surface area contributed by atoms with Crippen LogP contribution in [0.25, 0.3) is 0 Å². The number of hydrogen-bond acceptors (Lipinski definition) is 6. The summed E-state index contributed by atoms with van der Waals surface area (Å²) >= 11 is 1.62. The molecule has 0 radical (unpaired) electrons. The number of rotatable bonds is 4. The van der Waals surface area contributed by atoms with Crippen molar-refractivity contribution < 1.29 is 17.9 Å². The summed E-state index contributed by atoms with van der Waals surface area (Å²) < 4.78 is 27.6. The van der Waals surface area contributed by atoms with E-state index in [2.05, 4.69) is 0 Å². The second kappa shape index (κ2) is 5.98. The Kier molecular flexibility index (Phi) is 4.65. The lowest BCUT2D eigenvalue weighted by Crippen LogP contribution is -2.46. The molecule has 0 saturated heterocycles. The zero-order valence-corrected chi connectivity index (χ0v) is 13.7. The molecule has 0 bridgehead atoms. The van der Waals surface area contributed by atoms with E-state index < -0.39 is 15.4 Å². The lowest BCUT2D eigenvalue weighted by Gasteiger charge is -2.20. The Labute approximate surface area is 129 Å². The zero-order chi connectivity index (χ0) is 15.7. The van der Waals surface area contributed by atoms with Crippen LogP contribution in [-0.2, 0) is 19.4 Å². The van der Waals surface area contributed by atoms with Crippen molar-refractivity contribution in [2.45, 2.75) is 39.8 Å². The molecule has 1 aromatic carbocycles. The molecular weight excluding hydrogens is 310 g/mol. The first-order chi connectivity index (χ1) is 9.74. The quantitative estimate of drug-likeness (QED) is 0.845. The van der Waals surface area contributed by atoms with E-state index in [0.29, 0.717) is 17.7 Å². The predicted molar refractivity (Wildman–Crippen MR) is 82.0 cm³/mol. The molecule has 1 saturated carbocycles. The number of sulfone groups is 1. The molecular formula is C14H19NO4S2. The molecule has 7 heteroatoms. The van der Waals surface area contributed by atoms with Gasteiger partial charge in [0.25, 0.3) is 0 Å². The van der Waals surface area contributed by atoms with Crippen LogP contribution in [0.5, 0.6) is 0 Å². The lowest BCUT2D eigenvalue weighted by molar-refractivity contribution is -0.146. The number of hydrogen-bond donors (Lipinski definition) is 1. The molecule has 1 fully saturated rings. The summed E-state index contributed by atoms with van der Waals surface area (Å²) in [7, 11) is -1.82. The van der Waals surface area contributed by atoms with Crippen molar-refractivity contribution in [3.63, 3.8) is 0 Å². The fourth-order valence-corrected chi connectivity index (χ4v) is 4.40. The van der Waals surface area contributed by atoms with Crippen LogP contribution >= 0.6 is 11.8 Å². The number of carbonyl (C=O) groups excluding carboxylic acids is 1. The Morgan fingerprint density at radius 1 is 1.38 bits per heavy atom. The average molecular weight is 329 g/mol. The first kappa shape index (κ1) is 16.3. The maximum absolute atomic E-state index is 11.7. The molecule has 21 heavy (non-hydrogen) atoms. The minimum atomic E-state index is -3.17. The van der Waals surface area contributed by atoms with Crippen molar-refractivity contribution >= 4 is 27.6 Å². The van der Waals surface area contributed by atoms with E-state index in [-0.39, 0.29) is 11.2 Å². The summed E-state index contributed by atoms with van der Waals surface area (Å²) in [5.74, 6) is -0.363. The largest absolute Gasteiger partial charge is 0.468 e. The molecule has 1 aliphatic rings. The van der Waals surface area contributed by atoms with Gasteiger partial charge in [0, 0.05) is 16.4 Å². The van der Waals surface area contributed by atoms with Crippen molar-refractivity contribution in [1.29, 1.82) is 0 Å². The van der Waals surface area contributed by atoms with E-state index in [4.69, 9.17) is 10.5 Å². The maximum atomic E-state index is 11.7. The van der Waals surface area contributed by atoms with Crippen molar-refractivity contribution in [1.82, 2.24) is 0 Å². The zero-order valence-electron chi connectivity index (χ0n) is 12.0. The molecule has 1 aliphatic carbocycles. The fraction of sp³-hybridized carbons (Fsp3) is 0.500. The third-order valence-electron chi connectivity index (χ3n) is 3.65. The summed E-state index contributed by atoms with van der Waals surface area (Å²) in [4.78, 5) is 12.9. The minimum absolute atomic E-state index is 0.234. The Bertz CT molecular complexity index is 627. The van der Waals surface area contributed by atoms with Gasteiger partial charge in [0.2, 0.25) is 0 Å². The summed E-state index contributed by atoms with van der Waals surface area (Å²) in [6.07, 6.45) is 3.20. The van der Waals surface area contributed by atoms with Crippen LogP contribution in [-0.4, -0.2) is 38.5 Å². The Balaban J connectivity index is 2.02. The van der Waals surface area contributed by atoms with Crippen molar-refractivity contribution in [3.8, 4) is 0 Å². The smallest absolute Gasteiger partial charge is 0.325 e. The molecule has 1 aromatic rings. The monoisotopic (exact) mass is 329 g/mol. The van der Waals surface area contributed by atoms with Gasteiger partial charge in [-0.15, -0.1) is 11.8 Å². The van der Waals surface area contributed by atoms with Crippen LogP contribution < -0.4 is 5.73 Å². The molecule has 0 aromatic heterocycles. The normalized spacial score (nSPS) is 25.8. The van der Waals surface area contributed by atoms with Crippen molar-refractivity contribution in [2.75, 3.05) is 13.4 Å². The van der Waals surface area contributed by atoms with Gasteiger partial charge in [-0.2, -0.15) is 0 Å². The highest BCUT2D eigenvalue weighted by atomic mass is 32.2. The predicted octanol–water partition coefficient (Wildman–Crippen LogP) is 1.61. The summed E-state index contributed by atoms with van der Waals surface area (Å²) in [5, 5.41) is 0.234. The first-order valence-corrected chi connectivity index (χ1v) is 9.36. The second-order valence-electron chi connectivity index (χ2n) is 5.37. The number of esters is 1. The number of ether oxygens (including phenoxy) is 1. The molecule has 2 rings (SSSR count). The van der Waals surface area contributed by atoms with Crippen LogP contribution in [0.15, 0.2) is 34.1 Å². The van der Waals surface area contributed by atoms with Gasteiger partial charge in [-0.3, -0.25) is 4.79 Å². The minimum Gasteiger partial charge on any atom is -0.468 e. The van der Waals surface area contributed by atoms with E-state index >= 15 is 0 Å². The van der Waals surface area contributed by atoms with E-state index in [0.717, 1.165) is 11.3 Å². The van der Waals surface area contributed by atoms with Gasteiger partial charge < -0.3 is 10.5 Å². The Morgan fingerprint density at radius 2 is 2.00 bits per heavy atom. The molecule has 2 atom stereocenters. The highest BCUT2D eigenvalue weighted by Gasteiger charge is 2.43. The average Bonchev–Trinajstić information content (AvgIpc) is 2.80. The number of methoxy groups -OCH3 is 1. The van der Waals surface area contributed by atoms with Crippen LogP contribution in [0.3, 0.4) is 0 Å². The topological polar surface area (TPSA) is 86.5 Å². The van der Waals surface area contributed by atoms with Gasteiger partial charge in [0.05, 0.1) is 12.0 Å². The highest BCUT2D eigenvalue weighted by molar-refractivity contribution is 8.00. The van der Waals surface area contributed by atoms with Crippen LogP contribution in [0.2, 0.25) is 0 Å². The summed E-state index contributed by atoms with van der Waals surface area (Å²) in [5.41, 5.74) is 5.18. The van der Waals surface area contributed by atoms with Crippen molar-refractivity contribution in [3.05, 3.63) is 24.3 Å². The lowest BCUT2D eigenvalue weighted by atomic mass is 10.00. The third-order valence-corrected chi connectivity index (χ3v) is 6.06. The highest BCUT2D eigenvalue weighted by Crippen LogP contribution is 2.39. The van der Waals surface area contributed by atoms with Crippen LogP contribution in [0.4, 0.5) is 0 Å². The van der Waals surface area contributed by atoms with Crippen molar-refractivity contribution in [2.24, 2.45) is 5.73 Å². The first-order valence-electron chi connectivity index (χ1n) is 6.59.